The largest absolute Gasteiger partial charge is 0.465 e. The van der Waals surface area contributed by atoms with E-state index in [1.165, 1.54) is 21.6 Å². The summed E-state index contributed by atoms with van der Waals surface area (Å²) in [5, 5.41) is 13.7. The maximum absolute atomic E-state index is 14.5. The number of nitrogens with zero attached hydrogens (tertiary/aromatic N) is 4. The third-order valence-corrected chi connectivity index (χ3v) is 9.49. The van der Waals surface area contributed by atoms with E-state index in [9.17, 15) is 14.0 Å². The van der Waals surface area contributed by atoms with Gasteiger partial charge >= 0.3 is 12.2 Å². The van der Waals surface area contributed by atoms with Crippen LogP contribution in [-0.4, -0.2) is 65.9 Å². The molecule has 0 radical (unpaired) electrons. The third-order valence-electron chi connectivity index (χ3n) is 9.49. The Morgan fingerprint density at radius 2 is 1.86 bits per heavy atom. The molecule has 1 unspecified atom stereocenters. The van der Waals surface area contributed by atoms with E-state index in [2.05, 4.69) is 41.3 Å². The lowest BCUT2D eigenvalue weighted by Crippen LogP contribution is -2.40. The van der Waals surface area contributed by atoms with Crippen LogP contribution in [0.2, 0.25) is 0 Å². The molecule has 7 rings (SSSR count). The molecule has 4 aromatic rings. The average Bonchev–Trinajstić information content (AvgIpc) is 3.55. The van der Waals surface area contributed by atoms with Crippen LogP contribution in [0.3, 0.4) is 0 Å². The van der Waals surface area contributed by atoms with Gasteiger partial charge in [-0.1, -0.05) is 37.6 Å². The summed E-state index contributed by atoms with van der Waals surface area (Å²) < 4.78 is 22.1. The summed E-state index contributed by atoms with van der Waals surface area (Å²) in [6.07, 6.45) is 8.71. The van der Waals surface area contributed by atoms with Crippen LogP contribution in [-0.2, 0) is 37.2 Å². The first kappa shape index (κ1) is 34.1. The van der Waals surface area contributed by atoms with Gasteiger partial charge in [-0.3, -0.25) is 0 Å². The summed E-state index contributed by atoms with van der Waals surface area (Å²) in [7, 11) is 0. The molecule has 0 bridgehead atoms. The van der Waals surface area contributed by atoms with Crippen molar-refractivity contribution in [1.29, 1.82) is 0 Å². The number of nitrogens with one attached hydrogen (secondary N) is 2. The quantitative estimate of drug-likeness (QED) is 0.204. The summed E-state index contributed by atoms with van der Waals surface area (Å²) in [4.78, 5) is 34.8. The van der Waals surface area contributed by atoms with Crippen LogP contribution in [0.4, 0.5) is 19.8 Å². The van der Waals surface area contributed by atoms with Crippen LogP contribution in [0.15, 0.2) is 42.6 Å². The van der Waals surface area contributed by atoms with Crippen LogP contribution in [0.25, 0.3) is 17.1 Å². The molecular weight excluding hydrogens is 623 g/mol. The van der Waals surface area contributed by atoms with Gasteiger partial charge in [-0.15, -0.1) is 0 Å². The van der Waals surface area contributed by atoms with Gasteiger partial charge < -0.3 is 34.5 Å². The predicted molar refractivity (Wildman–Crippen MR) is 189 cm³/mol. The molecule has 0 saturated heterocycles. The van der Waals surface area contributed by atoms with Gasteiger partial charge in [0.15, 0.2) is 0 Å². The first-order chi connectivity index (χ1) is 23.2. The summed E-state index contributed by atoms with van der Waals surface area (Å²) in [5.74, 6) is 0.817. The number of anilines is 1. The average molecular weight is 671 g/mol. The zero-order valence-corrected chi connectivity index (χ0v) is 29.3. The summed E-state index contributed by atoms with van der Waals surface area (Å²) in [6, 6.07) is 9.25. The second-order valence-corrected chi connectivity index (χ2v) is 14.6. The zero-order chi connectivity index (χ0) is 35.1. The second-order valence-electron chi connectivity index (χ2n) is 14.6. The number of carboxylic acid groups (broad SMARTS) is 1. The highest BCUT2D eigenvalue weighted by Gasteiger charge is 2.32. The highest BCUT2D eigenvalue weighted by molar-refractivity contribution is 5.83. The highest BCUT2D eigenvalue weighted by atomic mass is 19.1. The van der Waals surface area contributed by atoms with Gasteiger partial charge in [0.2, 0.25) is 0 Å². The van der Waals surface area contributed by atoms with E-state index in [-0.39, 0.29) is 17.4 Å². The van der Waals surface area contributed by atoms with E-state index in [0.29, 0.717) is 38.3 Å². The lowest BCUT2D eigenvalue weighted by molar-refractivity contribution is 0.0219. The number of fused-ring (bicyclic) bond motifs is 6. The molecule has 0 fully saturated rings. The summed E-state index contributed by atoms with van der Waals surface area (Å²) in [6.45, 7) is 14.3. The minimum atomic E-state index is -0.845. The normalized spacial score (nSPS) is 18.2. The van der Waals surface area contributed by atoms with E-state index < -0.39 is 11.7 Å². The number of carbonyl (C=O) groups is 2. The number of rotatable bonds is 4. The first-order valence-electron chi connectivity index (χ1n) is 17.1. The van der Waals surface area contributed by atoms with Crippen LogP contribution in [0.1, 0.15) is 86.7 Å². The molecule has 2 amide bonds. The number of aromatic amines is 1. The van der Waals surface area contributed by atoms with Gasteiger partial charge in [-0.25, -0.2) is 19.0 Å². The Morgan fingerprint density at radius 1 is 1.10 bits per heavy atom. The molecule has 1 atom stereocenters. The maximum Gasteiger partial charge on any atom is 0.410 e. The van der Waals surface area contributed by atoms with Crippen molar-refractivity contribution in [1.82, 2.24) is 24.3 Å². The Bertz CT molecular complexity index is 1920. The van der Waals surface area contributed by atoms with E-state index in [4.69, 9.17) is 9.84 Å². The molecule has 260 valence electrons. The molecule has 49 heavy (non-hydrogen) atoms. The predicted octanol–water partition coefficient (Wildman–Crippen LogP) is 7.87. The smallest absolute Gasteiger partial charge is 0.410 e. The highest BCUT2D eigenvalue weighted by Crippen LogP contribution is 2.36. The van der Waals surface area contributed by atoms with Gasteiger partial charge in [0.25, 0.3) is 0 Å². The number of amides is 2. The maximum atomic E-state index is 14.5. The van der Waals surface area contributed by atoms with Crippen molar-refractivity contribution in [2.75, 3.05) is 18.4 Å². The summed E-state index contributed by atoms with van der Waals surface area (Å²) in [5.41, 5.74) is 7.44. The number of ether oxygens (including phenoxy) is 1. The van der Waals surface area contributed by atoms with Crippen molar-refractivity contribution >= 4 is 35.1 Å². The van der Waals surface area contributed by atoms with Crippen molar-refractivity contribution in [3.8, 4) is 0 Å². The fourth-order valence-electron chi connectivity index (χ4n) is 7.11. The summed E-state index contributed by atoms with van der Waals surface area (Å²) >= 11 is 0. The fraction of sp³-hybridized carbons (Fsp3) is 0.447. The number of hydrogen-bond donors (Lipinski definition) is 3. The molecule has 0 aliphatic carbocycles. The van der Waals surface area contributed by atoms with Crippen molar-refractivity contribution in [3.05, 3.63) is 87.6 Å². The molecular formula is C38H47FN6O4. The minimum Gasteiger partial charge on any atom is -0.465 e. The van der Waals surface area contributed by atoms with Gasteiger partial charge in [-0.2, -0.15) is 0 Å². The van der Waals surface area contributed by atoms with Crippen LogP contribution >= 0.6 is 0 Å². The number of pyridine rings is 1. The van der Waals surface area contributed by atoms with Crippen molar-refractivity contribution in [3.63, 3.8) is 0 Å². The molecule has 1 aromatic carbocycles. The molecule has 0 spiro atoms. The minimum absolute atomic E-state index is 0.0122. The standard InChI is InChI=1S/C23H26FN3O2.C15H21N3O2/c1-15-7-8-16(19(24)12-15)13-27-20-14-26(22(28)29-23(2,3)4)11-9-17(20)18-6-5-10-25-21(18)27;1-3-6-15(2)7-4-11-10-5-8-18(14(19)20)9-12(10)16-13(11)17-15/h5-8,10,12H,9,11,13-14H2,1-4H3;4,7,16-17H,3,5-6,8-9H2,1-2H3,(H,19,20). The molecule has 3 N–H and O–H groups in total. The number of halogens is 1. The lowest BCUT2D eigenvalue weighted by Gasteiger charge is -2.31. The van der Waals surface area contributed by atoms with Crippen LogP contribution in [0.5, 0.6) is 0 Å². The monoisotopic (exact) mass is 670 g/mol. The molecule has 11 heteroatoms. The van der Waals surface area contributed by atoms with E-state index in [1.807, 2.05) is 56.5 Å². The van der Waals surface area contributed by atoms with Gasteiger partial charge in [0, 0.05) is 47.2 Å². The Morgan fingerprint density at radius 3 is 2.57 bits per heavy atom. The Labute approximate surface area is 287 Å². The molecule has 6 heterocycles. The number of aromatic nitrogens is 3. The second kappa shape index (κ2) is 13.2. The lowest BCUT2D eigenvalue weighted by atomic mass is 9.90. The van der Waals surface area contributed by atoms with Gasteiger partial charge in [0.1, 0.15) is 22.9 Å². The molecule has 3 aromatic heterocycles. The first-order valence-corrected chi connectivity index (χ1v) is 17.1. The van der Waals surface area contributed by atoms with Crippen molar-refractivity contribution < 1.29 is 23.8 Å². The number of aryl methyl sites for hydroxylation is 1. The SMILES string of the molecule is CCCC1(C)C=Cc2c([nH]c3c2CCN(C(=O)O)C3)N1.Cc1ccc(Cn2c3c(c4cccnc42)CCN(C(=O)OC(C)(C)C)C3)c(F)c1. The third kappa shape index (κ3) is 7.16. The molecule has 10 nitrogen and oxygen atoms in total. The van der Waals surface area contributed by atoms with Crippen LogP contribution in [0, 0.1) is 12.7 Å². The van der Waals surface area contributed by atoms with Crippen molar-refractivity contribution in [2.24, 2.45) is 0 Å². The van der Waals surface area contributed by atoms with E-state index in [0.717, 1.165) is 59.5 Å². The fourth-order valence-corrected chi connectivity index (χ4v) is 7.11. The molecule has 0 saturated carbocycles. The number of carbonyl (C=O) groups excluding carboxylic acids is 1. The number of H-pyrrole nitrogens is 1. The molecule has 3 aliphatic heterocycles. The Kier molecular flexibility index (Phi) is 9.21. The molecule has 3 aliphatic rings. The Balaban J connectivity index is 0.000000182. The van der Waals surface area contributed by atoms with E-state index in [1.54, 1.807) is 17.2 Å². The zero-order valence-electron chi connectivity index (χ0n) is 29.3. The Hall–Kier alpha value is -4.80. The topological polar surface area (TPSA) is 116 Å². The number of hydrogen-bond acceptors (Lipinski definition) is 5. The van der Waals surface area contributed by atoms with Crippen LogP contribution < -0.4 is 5.32 Å². The van der Waals surface area contributed by atoms with Gasteiger partial charge in [0.05, 0.1) is 25.2 Å². The van der Waals surface area contributed by atoms with E-state index >= 15 is 0 Å². The van der Waals surface area contributed by atoms with Crippen molar-refractivity contribution in [2.45, 2.75) is 98.0 Å². The van der Waals surface area contributed by atoms with Gasteiger partial charge in [-0.05, 0) is 88.8 Å². The number of benzene rings is 1.